The number of carbonyl (C=O) groups excluding carboxylic acids is 1. The van der Waals surface area contributed by atoms with Crippen LogP contribution in [-0.2, 0) is 17.6 Å². The third-order valence-electron chi connectivity index (χ3n) is 4.19. The molecule has 0 spiro atoms. The Bertz CT molecular complexity index is 450. The molecule has 3 heteroatoms. The average molecular weight is 275 g/mol. The molecule has 1 aromatic carbocycles. The fourth-order valence-corrected chi connectivity index (χ4v) is 3.27. The summed E-state index contributed by atoms with van der Waals surface area (Å²) in [6.45, 7) is 2.14. The molecule has 1 aliphatic rings. The molecule has 2 N–H and O–H groups in total. The molecular formula is C17H25NO2. The molecule has 0 radical (unpaired) electrons. The number of aryl methyl sites for hydroxylation is 2. The molecule has 3 nitrogen and oxygen atoms in total. The summed E-state index contributed by atoms with van der Waals surface area (Å²) in [6, 6.07) is 6.79. The summed E-state index contributed by atoms with van der Waals surface area (Å²) in [5, 5.41) is 8.48. The quantitative estimate of drug-likeness (QED) is 0.616. The smallest absolute Gasteiger partial charge is 0.243 e. The molecule has 1 aliphatic carbocycles. The predicted octanol–water partition coefficient (Wildman–Crippen LogP) is 3.56. The van der Waals surface area contributed by atoms with Crippen LogP contribution < -0.4 is 5.48 Å². The van der Waals surface area contributed by atoms with Crippen LogP contribution in [0, 0.1) is 12.8 Å². The van der Waals surface area contributed by atoms with Crippen molar-refractivity contribution >= 4 is 5.91 Å². The van der Waals surface area contributed by atoms with Gasteiger partial charge in [-0.1, -0.05) is 49.4 Å². The van der Waals surface area contributed by atoms with Gasteiger partial charge in [0, 0.05) is 6.42 Å². The number of amides is 1. The monoisotopic (exact) mass is 275 g/mol. The van der Waals surface area contributed by atoms with E-state index in [-0.39, 0.29) is 5.91 Å². The van der Waals surface area contributed by atoms with E-state index in [1.54, 1.807) is 5.48 Å². The van der Waals surface area contributed by atoms with Crippen molar-refractivity contribution in [3.8, 4) is 0 Å². The summed E-state index contributed by atoms with van der Waals surface area (Å²) in [5.74, 6) is 0.564. The van der Waals surface area contributed by atoms with Crippen LogP contribution >= 0.6 is 0 Å². The Balaban J connectivity index is 1.91. The molecule has 0 bridgehead atoms. The molecule has 1 amide bonds. The van der Waals surface area contributed by atoms with E-state index in [1.807, 2.05) is 0 Å². The van der Waals surface area contributed by atoms with E-state index >= 15 is 0 Å². The maximum atomic E-state index is 11.0. The van der Waals surface area contributed by atoms with Crippen molar-refractivity contribution in [1.82, 2.24) is 5.48 Å². The summed E-state index contributed by atoms with van der Waals surface area (Å²) in [7, 11) is 0. The third-order valence-corrected chi connectivity index (χ3v) is 4.19. The largest absolute Gasteiger partial charge is 0.289 e. The van der Waals surface area contributed by atoms with Crippen LogP contribution in [0.1, 0.15) is 55.2 Å². The summed E-state index contributed by atoms with van der Waals surface area (Å²) < 4.78 is 0. The van der Waals surface area contributed by atoms with Crippen molar-refractivity contribution < 1.29 is 10.0 Å². The first-order valence-electron chi connectivity index (χ1n) is 7.70. The highest BCUT2D eigenvalue weighted by Gasteiger charge is 2.15. The topological polar surface area (TPSA) is 49.3 Å². The lowest BCUT2D eigenvalue weighted by atomic mass is 9.94. The molecule has 20 heavy (non-hydrogen) atoms. The lowest BCUT2D eigenvalue weighted by Crippen LogP contribution is -2.18. The molecule has 0 aliphatic heterocycles. The normalized spacial score (nSPS) is 15.5. The van der Waals surface area contributed by atoms with E-state index < -0.39 is 0 Å². The lowest BCUT2D eigenvalue weighted by Gasteiger charge is -2.12. The second-order valence-corrected chi connectivity index (χ2v) is 6.07. The molecule has 1 fully saturated rings. The van der Waals surface area contributed by atoms with Gasteiger partial charge in [-0.15, -0.1) is 0 Å². The van der Waals surface area contributed by atoms with Gasteiger partial charge in [-0.2, -0.15) is 0 Å². The zero-order valence-corrected chi connectivity index (χ0v) is 12.3. The number of benzene rings is 1. The van der Waals surface area contributed by atoms with Crippen LogP contribution in [0.3, 0.4) is 0 Å². The van der Waals surface area contributed by atoms with E-state index in [9.17, 15) is 4.79 Å². The first-order chi connectivity index (χ1) is 9.67. The summed E-state index contributed by atoms with van der Waals surface area (Å²) in [4.78, 5) is 11.0. The Morgan fingerprint density at radius 2 is 1.95 bits per heavy atom. The zero-order valence-electron chi connectivity index (χ0n) is 12.3. The highest BCUT2D eigenvalue weighted by molar-refractivity contribution is 5.74. The minimum Gasteiger partial charge on any atom is -0.289 e. The molecule has 0 atom stereocenters. The lowest BCUT2D eigenvalue weighted by molar-refractivity contribution is -0.129. The standard InChI is InChI=1S/C17H25NO2/c1-13-9-15(7-4-8-17(19)18-20)12-16(10-13)11-14-5-2-3-6-14/h9-10,12,14,20H,2-8,11H2,1H3,(H,18,19). The highest BCUT2D eigenvalue weighted by atomic mass is 16.5. The van der Waals surface area contributed by atoms with E-state index in [2.05, 4.69) is 25.1 Å². The van der Waals surface area contributed by atoms with Gasteiger partial charge in [0.2, 0.25) is 5.91 Å². The van der Waals surface area contributed by atoms with Gasteiger partial charge >= 0.3 is 0 Å². The van der Waals surface area contributed by atoms with E-state index in [0.717, 1.165) is 18.8 Å². The molecule has 1 saturated carbocycles. The summed E-state index contributed by atoms with van der Waals surface area (Å²) in [5.41, 5.74) is 5.74. The molecule has 1 aromatic rings. The SMILES string of the molecule is Cc1cc(CCCC(=O)NO)cc(CC2CCCC2)c1. The Morgan fingerprint density at radius 1 is 1.25 bits per heavy atom. The maximum Gasteiger partial charge on any atom is 0.243 e. The number of hydrogen-bond acceptors (Lipinski definition) is 2. The summed E-state index contributed by atoms with van der Waals surface area (Å²) >= 11 is 0. The second kappa shape index (κ2) is 7.44. The van der Waals surface area contributed by atoms with Crippen molar-refractivity contribution in [3.63, 3.8) is 0 Å². The Morgan fingerprint density at radius 3 is 2.65 bits per heavy atom. The van der Waals surface area contributed by atoms with Crippen LogP contribution in [0.4, 0.5) is 0 Å². The predicted molar refractivity (Wildman–Crippen MR) is 79.7 cm³/mol. The van der Waals surface area contributed by atoms with Gasteiger partial charge in [-0.3, -0.25) is 10.0 Å². The highest BCUT2D eigenvalue weighted by Crippen LogP contribution is 2.28. The van der Waals surface area contributed by atoms with Crippen molar-refractivity contribution in [2.24, 2.45) is 5.92 Å². The van der Waals surface area contributed by atoms with Gasteiger partial charge in [0.15, 0.2) is 0 Å². The van der Waals surface area contributed by atoms with Gasteiger partial charge in [-0.05, 0) is 43.2 Å². The second-order valence-electron chi connectivity index (χ2n) is 6.07. The van der Waals surface area contributed by atoms with Gasteiger partial charge in [0.05, 0.1) is 0 Å². The maximum absolute atomic E-state index is 11.0. The zero-order chi connectivity index (χ0) is 14.4. The van der Waals surface area contributed by atoms with Crippen LogP contribution in [-0.4, -0.2) is 11.1 Å². The number of nitrogens with one attached hydrogen (secondary N) is 1. The molecule has 110 valence electrons. The van der Waals surface area contributed by atoms with Crippen LogP contribution in [0.2, 0.25) is 0 Å². The summed E-state index contributed by atoms with van der Waals surface area (Å²) in [6.07, 6.45) is 8.78. The Labute approximate surface area is 121 Å². The van der Waals surface area contributed by atoms with Gasteiger partial charge in [0.25, 0.3) is 0 Å². The van der Waals surface area contributed by atoms with Gasteiger partial charge < -0.3 is 0 Å². The van der Waals surface area contributed by atoms with Crippen molar-refractivity contribution in [2.45, 2.75) is 58.3 Å². The molecule has 0 unspecified atom stereocenters. The Kier molecular flexibility index (Phi) is 5.60. The van der Waals surface area contributed by atoms with E-state index in [0.29, 0.717) is 6.42 Å². The van der Waals surface area contributed by atoms with Crippen molar-refractivity contribution in [1.29, 1.82) is 0 Å². The number of hydroxylamine groups is 1. The third kappa shape index (κ3) is 4.64. The van der Waals surface area contributed by atoms with Crippen molar-refractivity contribution in [3.05, 3.63) is 34.9 Å². The van der Waals surface area contributed by atoms with E-state index in [4.69, 9.17) is 5.21 Å². The van der Waals surface area contributed by atoms with Crippen LogP contribution in [0.25, 0.3) is 0 Å². The van der Waals surface area contributed by atoms with Crippen molar-refractivity contribution in [2.75, 3.05) is 0 Å². The van der Waals surface area contributed by atoms with Crippen LogP contribution in [0.15, 0.2) is 18.2 Å². The fourth-order valence-electron chi connectivity index (χ4n) is 3.27. The van der Waals surface area contributed by atoms with Gasteiger partial charge in [-0.25, -0.2) is 5.48 Å². The number of carbonyl (C=O) groups is 1. The molecule has 0 aromatic heterocycles. The molecule has 0 heterocycles. The molecular weight excluding hydrogens is 250 g/mol. The minimum absolute atomic E-state index is 0.302. The van der Waals surface area contributed by atoms with Gasteiger partial charge in [0.1, 0.15) is 0 Å². The Hall–Kier alpha value is -1.35. The average Bonchev–Trinajstić information content (AvgIpc) is 2.90. The molecule has 2 rings (SSSR count). The van der Waals surface area contributed by atoms with Crippen LogP contribution in [0.5, 0.6) is 0 Å². The first kappa shape index (κ1) is 15.0. The number of rotatable bonds is 6. The number of hydrogen-bond donors (Lipinski definition) is 2. The minimum atomic E-state index is -0.302. The first-order valence-corrected chi connectivity index (χ1v) is 7.70. The molecule has 0 saturated heterocycles. The van der Waals surface area contributed by atoms with E-state index in [1.165, 1.54) is 48.8 Å². The fraction of sp³-hybridized carbons (Fsp3) is 0.588.